The normalized spacial score (nSPS) is 11.1. The standard InChI is InChI=1S/C21H19N3O3/c1-13-21(14(2)27-22-13)18-10-20(23(3)19(18)12-25)24-9-8-16(11-24)15-4-6-17(26)7-5-15/h4-12,26H,1-3H3. The van der Waals surface area contributed by atoms with Crippen LogP contribution in [0.15, 0.2) is 53.3 Å². The number of nitrogens with zero attached hydrogens (tertiary/aromatic N) is 3. The molecule has 3 aromatic heterocycles. The van der Waals surface area contributed by atoms with Gasteiger partial charge in [-0.05, 0) is 49.2 Å². The van der Waals surface area contributed by atoms with Crippen LogP contribution >= 0.6 is 0 Å². The Bertz CT molecular complexity index is 1110. The number of benzene rings is 1. The van der Waals surface area contributed by atoms with Crippen molar-refractivity contribution in [1.29, 1.82) is 0 Å². The van der Waals surface area contributed by atoms with Crippen molar-refractivity contribution in [3.63, 3.8) is 0 Å². The first-order valence-electron chi connectivity index (χ1n) is 8.55. The predicted octanol–water partition coefficient (Wildman–Crippen LogP) is 4.27. The average molecular weight is 361 g/mol. The zero-order valence-electron chi connectivity index (χ0n) is 15.3. The van der Waals surface area contributed by atoms with Crippen LogP contribution in [-0.4, -0.2) is 25.7 Å². The van der Waals surface area contributed by atoms with Crippen molar-refractivity contribution in [2.24, 2.45) is 7.05 Å². The van der Waals surface area contributed by atoms with E-state index in [4.69, 9.17) is 4.52 Å². The van der Waals surface area contributed by atoms with Crippen molar-refractivity contribution in [2.75, 3.05) is 0 Å². The third-order valence-corrected chi connectivity index (χ3v) is 4.83. The van der Waals surface area contributed by atoms with Crippen molar-refractivity contribution in [3.8, 4) is 33.8 Å². The highest BCUT2D eigenvalue weighted by atomic mass is 16.5. The van der Waals surface area contributed by atoms with Gasteiger partial charge >= 0.3 is 0 Å². The maximum Gasteiger partial charge on any atom is 0.167 e. The highest BCUT2D eigenvalue weighted by Gasteiger charge is 2.21. The number of rotatable bonds is 4. The summed E-state index contributed by atoms with van der Waals surface area (Å²) in [4.78, 5) is 11.8. The maximum atomic E-state index is 11.8. The minimum absolute atomic E-state index is 0.236. The molecule has 0 fully saturated rings. The van der Waals surface area contributed by atoms with Gasteiger partial charge < -0.3 is 18.8 Å². The number of aldehydes is 1. The minimum Gasteiger partial charge on any atom is -0.508 e. The number of aromatic hydroxyl groups is 1. The molecule has 0 radical (unpaired) electrons. The van der Waals surface area contributed by atoms with Crippen molar-refractivity contribution in [2.45, 2.75) is 13.8 Å². The lowest BCUT2D eigenvalue weighted by Gasteiger charge is -2.05. The number of carbonyl (C=O) groups is 1. The van der Waals surface area contributed by atoms with Gasteiger partial charge in [0.2, 0.25) is 0 Å². The van der Waals surface area contributed by atoms with Crippen molar-refractivity contribution < 1.29 is 14.4 Å². The molecule has 1 aromatic carbocycles. The van der Waals surface area contributed by atoms with E-state index >= 15 is 0 Å². The Morgan fingerprint density at radius 3 is 2.48 bits per heavy atom. The van der Waals surface area contributed by atoms with E-state index < -0.39 is 0 Å². The van der Waals surface area contributed by atoms with E-state index in [0.717, 1.165) is 40.1 Å². The number of aryl methyl sites for hydroxylation is 2. The smallest absolute Gasteiger partial charge is 0.167 e. The fourth-order valence-corrected chi connectivity index (χ4v) is 3.43. The van der Waals surface area contributed by atoms with Gasteiger partial charge in [-0.1, -0.05) is 17.3 Å². The van der Waals surface area contributed by atoms with Gasteiger partial charge in [0, 0.05) is 30.6 Å². The van der Waals surface area contributed by atoms with Crippen LogP contribution in [0.1, 0.15) is 21.9 Å². The zero-order valence-corrected chi connectivity index (χ0v) is 15.3. The largest absolute Gasteiger partial charge is 0.508 e. The van der Waals surface area contributed by atoms with E-state index in [9.17, 15) is 9.90 Å². The monoisotopic (exact) mass is 361 g/mol. The molecule has 0 aliphatic heterocycles. The summed E-state index contributed by atoms with van der Waals surface area (Å²) in [5, 5.41) is 13.5. The van der Waals surface area contributed by atoms with E-state index in [0.29, 0.717) is 11.5 Å². The Balaban J connectivity index is 1.82. The van der Waals surface area contributed by atoms with E-state index in [1.165, 1.54) is 0 Å². The first-order chi connectivity index (χ1) is 13.0. The minimum atomic E-state index is 0.236. The van der Waals surface area contributed by atoms with Crippen LogP contribution in [0.25, 0.3) is 28.1 Å². The molecule has 0 bridgehead atoms. The van der Waals surface area contributed by atoms with E-state index in [1.54, 1.807) is 12.1 Å². The molecule has 0 aliphatic rings. The predicted molar refractivity (Wildman–Crippen MR) is 102 cm³/mol. The van der Waals surface area contributed by atoms with Crippen molar-refractivity contribution in [1.82, 2.24) is 14.3 Å². The number of carbonyl (C=O) groups excluding carboxylic acids is 1. The average Bonchev–Trinajstić information content (AvgIpc) is 3.34. The Morgan fingerprint density at radius 2 is 1.85 bits per heavy atom. The Morgan fingerprint density at radius 1 is 1.11 bits per heavy atom. The van der Waals surface area contributed by atoms with Crippen molar-refractivity contribution >= 4 is 6.29 Å². The quantitative estimate of drug-likeness (QED) is 0.551. The number of phenols is 1. The molecule has 27 heavy (non-hydrogen) atoms. The van der Waals surface area contributed by atoms with Crippen LogP contribution in [0.5, 0.6) is 5.75 Å². The van der Waals surface area contributed by atoms with Gasteiger partial charge in [-0.2, -0.15) is 0 Å². The topological polar surface area (TPSA) is 73.2 Å². The summed E-state index contributed by atoms with van der Waals surface area (Å²) in [6, 6.07) is 11.0. The van der Waals surface area contributed by atoms with Gasteiger partial charge in [0.25, 0.3) is 0 Å². The molecular weight excluding hydrogens is 342 g/mol. The third kappa shape index (κ3) is 2.75. The highest BCUT2D eigenvalue weighted by molar-refractivity contribution is 5.89. The van der Waals surface area contributed by atoms with Gasteiger partial charge in [0.1, 0.15) is 17.3 Å². The van der Waals surface area contributed by atoms with E-state index in [-0.39, 0.29) is 5.75 Å². The number of phenolic OH excluding ortho intramolecular Hbond substituents is 1. The van der Waals surface area contributed by atoms with Gasteiger partial charge in [0.15, 0.2) is 6.29 Å². The second kappa shape index (κ2) is 6.32. The highest BCUT2D eigenvalue weighted by Crippen LogP contribution is 2.33. The lowest BCUT2D eigenvalue weighted by molar-refractivity contribution is 0.111. The fraction of sp³-hybridized carbons (Fsp3) is 0.143. The molecule has 6 nitrogen and oxygen atoms in total. The van der Waals surface area contributed by atoms with E-state index in [2.05, 4.69) is 5.16 Å². The molecule has 0 saturated carbocycles. The zero-order chi connectivity index (χ0) is 19.1. The maximum absolute atomic E-state index is 11.8. The van der Waals surface area contributed by atoms with Gasteiger partial charge in [-0.15, -0.1) is 0 Å². The second-order valence-electron chi connectivity index (χ2n) is 6.53. The Kier molecular flexibility index (Phi) is 3.96. The summed E-state index contributed by atoms with van der Waals surface area (Å²) in [6.07, 6.45) is 4.80. The molecule has 0 unspecified atom stereocenters. The molecule has 0 atom stereocenters. The first-order valence-corrected chi connectivity index (χ1v) is 8.55. The van der Waals surface area contributed by atoms with Crippen LogP contribution < -0.4 is 0 Å². The van der Waals surface area contributed by atoms with Crippen LogP contribution in [0.2, 0.25) is 0 Å². The summed E-state index contributed by atoms with van der Waals surface area (Å²) in [5.41, 5.74) is 5.00. The lowest BCUT2D eigenvalue weighted by atomic mass is 10.1. The molecular formula is C21H19N3O3. The Labute approximate surface area is 156 Å². The van der Waals surface area contributed by atoms with Gasteiger partial charge in [-0.3, -0.25) is 4.79 Å². The van der Waals surface area contributed by atoms with Crippen LogP contribution in [0.3, 0.4) is 0 Å². The molecule has 4 aromatic rings. The molecule has 6 heteroatoms. The fourth-order valence-electron chi connectivity index (χ4n) is 3.43. The van der Waals surface area contributed by atoms with Crippen LogP contribution in [0.4, 0.5) is 0 Å². The summed E-state index contributed by atoms with van der Waals surface area (Å²) in [5.74, 6) is 1.78. The molecule has 3 heterocycles. The summed E-state index contributed by atoms with van der Waals surface area (Å²) in [7, 11) is 1.86. The molecule has 0 spiro atoms. The molecule has 0 aliphatic carbocycles. The third-order valence-electron chi connectivity index (χ3n) is 4.83. The summed E-state index contributed by atoms with van der Waals surface area (Å²) >= 11 is 0. The van der Waals surface area contributed by atoms with Crippen LogP contribution in [0, 0.1) is 13.8 Å². The molecule has 0 saturated heterocycles. The molecule has 1 N–H and O–H groups in total. The number of hydrogen-bond donors (Lipinski definition) is 1. The Hall–Kier alpha value is -3.54. The van der Waals surface area contributed by atoms with Crippen LogP contribution in [-0.2, 0) is 7.05 Å². The molecule has 0 amide bonds. The lowest BCUT2D eigenvalue weighted by Crippen LogP contribution is -2.02. The summed E-state index contributed by atoms with van der Waals surface area (Å²) < 4.78 is 9.10. The SMILES string of the molecule is Cc1noc(C)c1-c1cc(-n2ccc(-c3ccc(O)cc3)c2)n(C)c1C=O. The van der Waals surface area contributed by atoms with E-state index in [1.807, 2.05) is 66.7 Å². The first kappa shape index (κ1) is 16.9. The van der Waals surface area contributed by atoms with Gasteiger partial charge in [-0.25, -0.2) is 0 Å². The van der Waals surface area contributed by atoms with Crippen molar-refractivity contribution in [3.05, 3.63) is 65.9 Å². The second-order valence-corrected chi connectivity index (χ2v) is 6.53. The number of aromatic nitrogens is 3. The molecule has 4 rings (SSSR count). The van der Waals surface area contributed by atoms with Gasteiger partial charge in [0.05, 0.1) is 11.4 Å². The molecule has 136 valence electrons. The summed E-state index contributed by atoms with van der Waals surface area (Å²) in [6.45, 7) is 3.71. The number of hydrogen-bond acceptors (Lipinski definition) is 4.